The molecule has 1 saturated heterocycles. The molecule has 0 aromatic carbocycles. The summed E-state index contributed by atoms with van der Waals surface area (Å²) in [7, 11) is 3.65. The van der Waals surface area contributed by atoms with Crippen molar-refractivity contribution in [1.29, 1.82) is 0 Å². The second kappa shape index (κ2) is 4.64. The molecule has 2 rings (SSSR count). The number of carbonyl (C=O) groups excluding carboxylic acids is 1. The second-order valence-electron chi connectivity index (χ2n) is 5.42. The maximum Gasteiger partial charge on any atom is 0.326 e. The summed E-state index contributed by atoms with van der Waals surface area (Å²) >= 11 is 0. The number of likely N-dealkylation sites (N-methyl/N-ethyl adjacent to an activating group) is 1. The third-order valence-corrected chi connectivity index (χ3v) is 3.92. The third-order valence-electron chi connectivity index (χ3n) is 3.92. The molecule has 96 valence electrons. The Balaban J connectivity index is 2.11. The monoisotopic (exact) mass is 240 g/mol. The molecule has 3 unspecified atom stereocenters. The summed E-state index contributed by atoms with van der Waals surface area (Å²) in [6, 6.07) is -0.588. The molecule has 1 aliphatic carbocycles. The van der Waals surface area contributed by atoms with Gasteiger partial charge >= 0.3 is 5.97 Å². The van der Waals surface area contributed by atoms with Crippen LogP contribution in [0.4, 0.5) is 0 Å². The first-order valence-electron chi connectivity index (χ1n) is 6.17. The van der Waals surface area contributed by atoms with E-state index in [4.69, 9.17) is 0 Å². The smallest absolute Gasteiger partial charge is 0.326 e. The van der Waals surface area contributed by atoms with Crippen LogP contribution in [-0.2, 0) is 9.59 Å². The molecule has 1 aliphatic heterocycles. The van der Waals surface area contributed by atoms with E-state index in [1.165, 1.54) is 0 Å². The normalized spacial score (nSPS) is 31.9. The number of likely N-dealkylation sites (tertiary alicyclic amines) is 1. The molecule has 3 atom stereocenters. The summed E-state index contributed by atoms with van der Waals surface area (Å²) in [5.74, 6) is -0.316. The molecule has 1 amide bonds. The van der Waals surface area contributed by atoms with Crippen molar-refractivity contribution < 1.29 is 14.7 Å². The van der Waals surface area contributed by atoms with Gasteiger partial charge in [-0.15, -0.1) is 0 Å². The predicted octanol–water partition coefficient (Wildman–Crippen LogP) is 0.260. The van der Waals surface area contributed by atoms with Crippen molar-refractivity contribution in [3.63, 3.8) is 0 Å². The van der Waals surface area contributed by atoms with Crippen LogP contribution in [0, 0.1) is 11.8 Å². The summed E-state index contributed by atoms with van der Waals surface area (Å²) in [5, 5.41) is 9.31. The van der Waals surface area contributed by atoms with Gasteiger partial charge in [0.2, 0.25) is 5.91 Å². The number of hydrogen-bond donors (Lipinski definition) is 1. The van der Waals surface area contributed by atoms with E-state index in [-0.39, 0.29) is 11.8 Å². The topological polar surface area (TPSA) is 60.9 Å². The van der Waals surface area contributed by atoms with E-state index in [1.54, 1.807) is 9.80 Å². The van der Waals surface area contributed by atoms with Gasteiger partial charge in [0.25, 0.3) is 0 Å². The minimum atomic E-state index is -0.841. The number of aliphatic carboxylic acids is 1. The molecule has 1 saturated carbocycles. The summed E-state index contributed by atoms with van der Waals surface area (Å²) < 4.78 is 0. The minimum absolute atomic E-state index is 0.0585. The predicted molar refractivity (Wildman–Crippen MR) is 62.5 cm³/mol. The van der Waals surface area contributed by atoms with Crippen molar-refractivity contribution >= 4 is 11.9 Å². The van der Waals surface area contributed by atoms with Crippen LogP contribution in [0.15, 0.2) is 0 Å². The number of rotatable bonds is 3. The van der Waals surface area contributed by atoms with Crippen LogP contribution in [0.5, 0.6) is 0 Å². The molecule has 2 aliphatic rings. The van der Waals surface area contributed by atoms with Crippen LogP contribution < -0.4 is 0 Å². The molecule has 0 aromatic heterocycles. The van der Waals surface area contributed by atoms with E-state index >= 15 is 0 Å². The van der Waals surface area contributed by atoms with Crippen molar-refractivity contribution in [2.75, 3.05) is 27.2 Å². The number of carboxylic acid groups (broad SMARTS) is 1. The van der Waals surface area contributed by atoms with Gasteiger partial charge in [0.1, 0.15) is 6.04 Å². The lowest BCUT2D eigenvalue weighted by molar-refractivity contribution is -0.149. The van der Waals surface area contributed by atoms with Crippen LogP contribution in [0.25, 0.3) is 0 Å². The third kappa shape index (κ3) is 2.29. The fraction of sp³-hybridized carbons (Fsp3) is 0.833. The maximum absolute atomic E-state index is 12.0. The van der Waals surface area contributed by atoms with Crippen molar-refractivity contribution in [3.8, 4) is 0 Å². The van der Waals surface area contributed by atoms with Gasteiger partial charge in [-0.1, -0.05) is 6.42 Å². The first-order chi connectivity index (χ1) is 8.00. The molecular formula is C12H20N2O3. The van der Waals surface area contributed by atoms with Gasteiger partial charge in [-0.3, -0.25) is 4.79 Å². The maximum atomic E-state index is 12.0. The molecule has 0 radical (unpaired) electrons. The van der Waals surface area contributed by atoms with Crippen molar-refractivity contribution in [2.24, 2.45) is 11.8 Å². The average Bonchev–Trinajstić information content (AvgIpc) is 2.72. The molecule has 1 N–H and O–H groups in total. The number of carboxylic acids is 1. The quantitative estimate of drug-likeness (QED) is 0.768. The van der Waals surface area contributed by atoms with Gasteiger partial charge in [-0.25, -0.2) is 4.79 Å². The Morgan fingerprint density at radius 3 is 2.65 bits per heavy atom. The van der Waals surface area contributed by atoms with E-state index in [0.717, 1.165) is 19.3 Å². The number of amides is 1. The van der Waals surface area contributed by atoms with Crippen molar-refractivity contribution in [3.05, 3.63) is 0 Å². The number of fused-ring (bicyclic) bond motifs is 1. The highest BCUT2D eigenvalue weighted by Crippen LogP contribution is 2.42. The Kier molecular flexibility index (Phi) is 3.38. The van der Waals surface area contributed by atoms with Gasteiger partial charge in [0, 0.05) is 6.54 Å². The van der Waals surface area contributed by atoms with Crippen LogP contribution in [0.2, 0.25) is 0 Å². The largest absolute Gasteiger partial charge is 0.480 e. The molecule has 17 heavy (non-hydrogen) atoms. The number of nitrogens with zero attached hydrogens (tertiary/aromatic N) is 2. The van der Waals surface area contributed by atoms with Gasteiger partial charge in [0.05, 0.1) is 6.54 Å². The van der Waals surface area contributed by atoms with Crippen LogP contribution in [0.3, 0.4) is 0 Å². The Hall–Kier alpha value is -1.10. The van der Waals surface area contributed by atoms with E-state index in [9.17, 15) is 14.7 Å². The standard InChI is InChI=1S/C12H20N2O3/c1-13(2)7-10(15)14-6-8-4-3-5-9(8)11(14)12(16)17/h8-9,11H,3-7H2,1-2H3,(H,16,17). The first-order valence-corrected chi connectivity index (χ1v) is 6.17. The molecule has 0 bridgehead atoms. The lowest BCUT2D eigenvalue weighted by atomic mass is 9.94. The second-order valence-corrected chi connectivity index (χ2v) is 5.42. The highest BCUT2D eigenvalue weighted by Gasteiger charge is 2.49. The summed E-state index contributed by atoms with van der Waals surface area (Å²) in [6.45, 7) is 0.928. The molecule has 1 heterocycles. The Morgan fingerprint density at radius 2 is 2.06 bits per heavy atom. The summed E-state index contributed by atoms with van der Waals surface area (Å²) in [6.07, 6.45) is 3.13. The lowest BCUT2D eigenvalue weighted by Gasteiger charge is -2.25. The fourth-order valence-corrected chi connectivity index (χ4v) is 3.24. The molecule has 2 fully saturated rings. The first kappa shape index (κ1) is 12.4. The van der Waals surface area contributed by atoms with Gasteiger partial charge in [-0.2, -0.15) is 0 Å². The molecule has 0 aromatic rings. The highest BCUT2D eigenvalue weighted by molar-refractivity contribution is 5.85. The average molecular weight is 240 g/mol. The number of hydrogen-bond acceptors (Lipinski definition) is 3. The molecule has 5 nitrogen and oxygen atoms in total. The van der Waals surface area contributed by atoms with E-state index in [1.807, 2.05) is 14.1 Å². The zero-order valence-electron chi connectivity index (χ0n) is 10.4. The van der Waals surface area contributed by atoms with E-state index in [2.05, 4.69) is 0 Å². The van der Waals surface area contributed by atoms with Crippen LogP contribution >= 0.6 is 0 Å². The van der Waals surface area contributed by atoms with Gasteiger partial charge in [-0.05, 0) is 38.8 Å². The number of carbonyl (C=O) groups is 2. The lowest BCUT2D eigenvalue weighted by Crippen LogP contribution is -2.46. The minimum Gasteiger partial charge on any atom is -0.480 e. The van der Waals surface area contributed by atoms with E-state index < -0.39 is 12.0 Å². The highest BCUT2D eigenvalue weighted by atomic mass is 16.4. The zero-order valence-corrected chi connectivity index (χ0v) is 10.4. The Morgan fingerprint density at radius 1 is 1.35 bits per heavy atom. The van der Waals surface area contributed by atoms with Crippen LogP contribution in [-0.4, -0.2) is 60.0 Å². The summed E-state index contributed by atoms with van der Waals surface area (Å²) in [5.41, 5.74) is 0. The Labute approximate surface area is 101 Å². The van der Waals surface area contributed by atoms with Crippen molar-refractivity contribution in [2.45, 2.75) is 25.3 Å². The molecule has 0 spiro atoms. The van der Waals surface area contributed by atoms with Gasteiger partial charge < -0.3 is 14.9 Å². The van der Waals surface area contributed by atoms with Crippen molar-refractivity contribution in [1.82, 2.24) is 9.80 Å². The van der Waals surface area contributed by atoms with Crippen LogP contribution in [0.1, 0.15) is 19.3 Å². The Bertz CT molecular complexity index is 330. The SMILES string of the molecule is CN(C)CC(=O)N1CC2CCCC2C1C(=O)O. The van der Waals surface area contributed by atoms with Gasteiger partial charge in [0.15, 0.2) is 0 Å². The molecular weight excluding hydrogens is 220 g/mol. The zero-order chi connectivity index (χ0) is 12.6. The summed E-state index contributed by atoms with van der Waals surface area (Å²) in [4.78, 5) is 26.7. The van der Waals surface area contributed by atoms with E-state index in [0.29, 0.717) is 19.0 Å². The molecule has 5 heteroatoms. The fourth-order valence-electron chi connectivity index (χ4n) is 3.24.